The third kappa shape index (κ3) is 7.57. The fourth-order valence-corrected chi connectivity index (χ4v) is 2.24. The molecule has 0 rings (SSSR count). The van der Waals surface area contributed by atoms with Gasteiger partial charge in [-0.25, -0.2) is 13.1 Å². The predicted molar refractivity (Wildman–Crippen MR) is 60.5 cm³/mol. The number of aliphatic carboxylic acids is 1. The number of nitrogens with two attached hydrogens (primary N) is 1. The van der Waals surface area contributed by atoms with Gasteiger partial charge >= 0.3 is 5.97 Å². The lowest BCUT2D eigenvalue weighted by atomic mass is 10.1. The van der Waals surface area contributed by atoms with Gasteiger partial charge in [-0.05, 0) is 13.8 Å². The summed E-state index contributed by atoms with van der Waals surface area (Å²) in [5.41, 5.74) is 4.58. The Hall–Kier alpha value is -0.700. The van der Waals surface area contributed by atoms with Gasteiger partial charge in [0.15, 0.2) is 0 Å². The molecule has 0 spiro atoms. The number of carboxylic acids is 1. The quantitative estimate of drug-likeness (QED) is 0.430. The fourth-order valence-electron chi connectivity index (χ4n) is 1.17. The molecule has 0 fully saturated rings. The number of hydrogen-bond donors (Lipinski definition) is 4. The van der Waals surface area contributed by atoms with Crippen LogP contribution in [0.5, 0.6) is 0 Å². The van der Waals surface area contributed by atoms with E-state index in [0.29, 0.717) is 6.54 Å². The Balaban J connectivity index is 4.05. The predicted octanol–water partition coefficient (Wildman–Crippen LogP) is -1.68. The third-order valence-corrected chi connectivity index (χ3v) is 2.63. The highest BCUT2D eigenvalue weighted by Gasteiger charge is 2.22. The average Bonchev–Trinajstić information content (AvgIpc) is 1.98. The molecule has 5 N–H and O–H groups in total. The van der Waals surface area contributed by atoms with Crippen LogP contribution in [0.1, 0.15) is 13.8 Å². The van der Waals surface area contributed by atoms with E-state index in [0.717, 1.165) is 6.26 Å². The maximum atomic E-state index is 11.0. The van der Waals surface area contributed by atoms with Gasteiger partial charge in [0.05, 0.1) is 6.26 Å². The van der Waals surface area contributed by atoms with Crippen molar-refractivity contribution in [1.82, 2.24) is 10.0 Å². The number of carbonyl (C=O) groups is 1. The molecular weight excluding hydrogens is 234 g/mol. The number of carboxylic acid groups (broad SMARTS) is 1. The first kappa shape index (κ1) is 15.3. The lowest BCUT2D eigenvalue weighted by Crippen LogP contribution is -2.52. The number of nitrogens with one attached hydrogen (secondary N) is 2. The van der Waals surface area contributed by atoms with Gasteiger partial charge in [0.1, 0.15) is 6.04 Å². The summed E-state index contributed by atoms with van der Waals surface area (Å²) in [4.78, 5) is 10.4. The molecule has 0 heterocycles. The van der Waals surface area contributed by atoms with E-state index in [1.165, 1.54) is 0 Å². The van der Waals surface area contributed by atoms with E-state index in [1.54, 1.807) is 13.8 Å². The molecule has 0 amide bonds. The highest BCUT2D eigenvalue weighted by atomic mass is 32.2. The molecule has 8 heteroatoms. The zero-order chi connectivity index (χ0) is 13.0. The van der Waals surface area contributed by atoms with E-state index in [4.69, 9.17) is 10.8 Å². The van der Waals surface area contributed by atoms with Gasteiger partial charge < -0.3 is 16.2 Å². The second kappa shape index (κ2) is 5.58. The lowest BCUT2D eigenvalue weighted by Gasteiger charge is -2.25. The summed E-state index contributed by atoms with van der Waals surface area (Å²) < 4.78 is 24.4. The maximum Gasteiger partial charge on any atom is 0.321 e. The Bertz CT molecular complexity index is 339. The first-order valence-corrected chi connectivity index (χ1v) is 6.61. The molecule has 0 aromatic rings. The van der Waals surface area contributed by atoms with Gasteiger partial charge in [0.2, 0.25) is 10.0 Å². The molecular formula is C8H19N3O4S. The molecule has 0 saturated carbocycles. The summed E-state index contributed by atoms with van der Waals surface area (Å²) in [5.74, 6) is -1.10. The van der Waals surface area contributed by atoms with Gasteiger partial charge in [0.25, 0.3) is 0 Å². The smallest absolute Gasteiger partial charge is 0.321 e. The third-order valence-electron chi connectivity index (χ3n) is 1.71. The van der Waals surface area contributed by atoms with Gasteiger partial charge in [-0.15, -0.1) is 0 Å². The van der Waals surface area contributed by atoms with Crippen LogP contribution in [0.3, 0.4) is 0 Å². The lowest BCUT2D eigenvalue weighted by molar-refractivity contribution is -0.138. The molecule has 16 heavy (non-hydrogen) atoms. The van der Waals surface area contributed by atoms with Crippen molar-refractivity contribution in [2.75, 3.05) is 19.3 Å². The van der Waals surface area contributed by atoms with Gasteiger partial charge in [-0.2, -0.15) is 0 Å². The molecule has 0 aliphatic carbocycles. The van der Waals surface area contributed by atoms with E-state index in [-0.39, 0.29) is 6.54 Å². The normalized spacial score (nSPS) is 14.8. The molecule has 0 bridgehead atoms. The Morgan fingerprint density at radius 2 is 2.00 bits per heavy atom. The first-order valence-electron chi connectivity index (χ1n) is 4.71. The summed E-state index contributed by atoms with van der Waals surface area (Å²) in [5, 5.41) is 11.3. The van der Waals surface area contributed by atoms with Crippen LogP contribution in [-0.4, -0.2) is 50.4 Å². The monoisotopic (exact) mass is 253 g/mol. The molecule has 0 aliphatic heterocycles. The molecule has 0 radical (unpaired) electrons. The van der Waals surface area contributed by atoms with Crippen LogP contribution in [0.15, 0.2) is 0 Å². The van der Waals surface area contributed by atoms with Crippen molar-refractivity contribution < 1.29 is 18.3 Å². The van der Waals surface area contributed by atoms with Gasteiger partial charge in [0, 0.05) is 18.6 Å². The van der Waals surface area contributed by atoms with E-state index < -0.39 is 27.6 Å². The molecule has 7 nitrogen and oxygen atoms in total. The van der Waals surface area contributed by atoms with Crippen molar-refractivity contribution >= 4 is 16.0 Å². The van der Waals surface area contributed by atoms with Crippen molar-refractivity contribution in [1.29, 1.82) is 0 Å². The number of sulfonamides is 1. The van der Waals surface area contributed by atoms with E-state index >= 15 is 0 Å². The van der Waals surface area contributed by atoms with Crippen LogP contribution in [0.4, 0.5) is 0 Å². The Kier molecular flexibility index (Phi) is 5.33. The van der Waals surface area contributed by atoms with Crippen LogP contribution in [-0.2, 0) is 14.8 Å². The first-order chi connectivity index (χ1) is 7.03. The van der Waals surface area contributed by atoms with Gasteiger partial charge in [-0.3, -0.25) is 4.79 Å². The van der Waals surface area contributed by atoms with Crippen molar-refractivity contribution in [2.45, 2.75) is 25.4 Å². The Morgan fingerprint density at radius 1 is 1.50 bits per heavy atom. The average molecular weight is 253 g/mol. The van der Waals surface area contributed by atoms with Crippen LogP contribution in [0.25, 0.3) is 0 Å². The Morgan fingerprint density at radius 3 is 2.38 bits per heavy atom. The highest BCUT2D eigenvalue weighted by Crippen LogP contribution is 2.01. The number of rotatable bonds is 7. The summed E-state index contributed by atoms with van der Waals surface area (Å²) in [6, 6.07) is -0.992. The minimum Gasteiger partial charge on any atom is -0.480 e. The van der Waals surface area contributed by atoms with Crippen LogP contribution in [0.2, 0.25) is 0 Å². The molecule has 0 aromatic carbocycles. The van der Waals surface area contributed by atoms with Crippen LogP contribution < -0.4 is 15.8 Å². The summed E-state index contributed by atoms with van der Waals surface area (Å²) in [7, 11) is -3.29. The number of hydrogen-bond acceptors (Lipinski definition) is 5. The molecule has 0 aromatic heterocycles. The Labute approximate surface area is 95.4 Å². The maximum absolute atomic E-state index is 11.0. The summed E-state index contributed by atoms with van der Waals surface area (Å²) >= 11 is 0. The zero-order valence-corrected chi connectivity index (χ0v) is 10.5. The highest BCUT2D eigenvalue weighted by molar-refractivity contribution is 7.88. The topological polar surface area (TPSA) is 122 Å². The van der Waals surface area contributed by atoms with E-state index in [9.17, 15) is 13.2 Å². The minimum absolute atomic E-state index is 0.0875. The molecule has 1 unspecified atom stereocenters. The second-order valence-electron chi connectivity index (χ2n) is 4.33. The molecule has 0 aliphatic rings. The van der Waals surface area contributed by atoms with Crippen molar-refractivity contribution in [2.24, 2.45) is 5.73 Å². The van der Waals surface area contributed by atoms with E-state index in [2.05, 4.69) is 10.0 Å². The van der Waals surface area contributed by atoms with E-state index in [1.807, 2.05) is 0 Å². The molecule has 96 valence electrons. The zero-order valence-electron chi connectivity index (χ0n) is 9.65. The largest absolute Gasteiger partial charge is 0.480 e. The van der Waals surface area contributed by atoms with Gasteiger partial charge in [-0.1, -0.05) is 0 Å². The molecule has 0 saturated heterocycles. The van der Waals surface area contributed by atoms with Crippen molar-refractivity contribution in [3.8, 4) is 0 Å². The minimum atomic E-state index is -3.29. The SMILES string of the molecule is CC(C)(CNCC(N)C(=O)O)NS(C)(=O)=O. The molecule has 1 atom stereocenters. The fraction of sp³-hybridized carbons (Fsp3) is 0.875. The van der Waals surface area contributed by atoms with Crippen LogP contribution >= 0.6 is 0 Å². The standard InChI is InChI=1S/C8H19N3O4S/c1-8(2,11-16(3,14)15)5-10-4-6(9)7(12)13/h6,10-11H,4-5,9H2,1-3H3,(H,12,13). The van der Waals surface area contributed by atoms with Crippen molar-refractivity contribution in [3.05, 3.63) is 0 Å². The summed E-state index contributed by atoms with van der Waals surface area (Å²) in [6.07, 6.45) is 1.07. The summed E-state index contributed by atoms with van der Waals surface area (Å²) in [6.45, 7) is 3.76. The van der Waals surface area contributed by atoms with Crippen molar-refractivity contribution in [3.63, 3.8) is 0 Å². The second-order valence-corrected chi connectivity index (χ2v) is 6.08. The van der Waals surface area contributed by atoms with Crippen LogP contribution in [0, 0.1) is 0 Å².